The summed E-state index contributed by atoms with van der Waals surface area (Å²) in [4.78, 5) is 39.6. The number of Topliss-reactive ketones (excluding diaryl/α,β-unsaturated/α-hetero) is 1. The van der Waals surface area contributed by atoms with Crippen LogP contribution in [0.2, 0.25) is 0 Å². The lowest BCUT2D eigenvalue weighted by Gasteiger charge is -2.63. The standard InChI is InChI=1S/C32H45NO4/c1-27(2)11-14-32(15-12-27,26(36)37-8)16-13-29(5)19-22(34)17-24-30(6)18-21(20-33)25(35)28(3,4)23(30)9-10-31(24,29)7/h17-18,23H,9-16,19H2,1-8H3/t23-,29+,30-,31+/m0/s1. The molecule has 0 saturated heterocycles. The molecule has 4 atom stereocenters. The Hall–Kier alpha value is -2.22. The Balaban J connectivity index is 1.73. The molecule has 0 radical (unpaired) electrons. The van der Waals surface area contributed by atoms with Gasteiger partial charge < -0.3 is 4.74 Å². The minimum absolute atomic E-state index is 0.0288. The van der Waals surface area contributed by atoms with Crippen LogP contribution in [0.4, 0.5) is 0 Å². The van der Waals surface area contributed by atoms with E-state index in [0.29, 0.717) is 12.8 Å². The fourth-order valence-electron chi connectivity index (χ4n) is 8.68. The van der Waals surface area contributed by atoms with E-state index in [-0.39, 0.29) is 45.3 Å². The van der Waals surface area contributed by atoms with Gasteiger partial charge in [0.05, 0.1) is 18.1 Å². The van der Waals surface area contributed by atoms with Gasteiger partial charge in [-0.25, -0.2) is 0 Å². The molecule has 0 N–H and O–H groups in total. The van der Waals surface area contributed by atoms with Crippen LogP contribution in [0.3, 0.4) is 0 Å². The molecule has 0 aromatic carbocycles. The maximum absolute atomic E-state index is 13.4. The number of methoxy groups -OCH3 is 1. The van der Waals surface area contributed by atoms with Crippen molar-refractivity contribution in [3.05, 3.63) is 23.3 Å². The lowest BCUT2D eigenvalue weighted by atomic mass is 9.40. The maximum Gasteiger partial charge on any atom is 0.311 e. The summed E-state index contributed by atoms with van der Waals surface area (Å²) in [7, 11) is 1.49. The number of carbonyl (C=O) groups is 3. The number of fused-ring (bicyclic) bond motifs is 3. The second-order valence-electron chi connectivity index (χ2n) is 14.6. The summed E-state index contributed by atoms with van der Waals surface area (Å²) >= 11 is 0. The first-order valence-electron chi connectivity index (χ1n) is 14.0. The number of nitriles is 1. The molecule has 37 heavy (non-hydrogen) atoms. The van der Waals surface area contributed by atoms with Crippen LogP contribution >= 0.6 is 0 Å². The Morgan fingerprint density at radius 3 is 2.19 bits per heavy atom. The first kappa shape index (κ1) is 27.8. The molecule has 2 fully saturated rings. The number of carbonyl (C=O) groups excluding carboxylic acids is 3. The fourth-order valence-corrected chi connectivity index (χ4v) is 8.68. The Kier molecular flexibility index (Phi) is 6.50. The van der Waals surface area contributed by atoms with Gasteiger partial charge in [0.1, 0.15) is 6.07 Å². The Bertz CT molecular complexity index is 1120. The van der Waals surface area contributed by atoms with Crippen LogP contribution in [0.1, 0.15) is 106 Å². The van der Waals surface area contributed by atoms with Crippen molar-refractivity contribution in [2.24, 2.45) is 38.4 Å². The van der Waals surface area contributed by atoms with Gasteiger partial charge in [0.15, 0.2) is 11.6 Å². The van der Waals surface area contributed by atoms with E-state index in [4.69, 9.17) is 4.74 Å². The van der Waals surface area contributed by atoms with Crippen LogP contribution < -0.4 is 0 Å². The highest BCUT2D eigenvalue weighted by Crippen LogP contribution is 2.69. The van der Waals surface area contributed by atoms with Crippen molar-refractivity contribution in [3.63, 3.8) is 0 Å². The molecule has 0 bridgehead atoms. The summed E-state index contributed by atoms with van der Waals surface area (Å²) in [5, 5.41) is 9.81. The van der Waals surface area contributed by atoms with Crippen molar-refractivity contribution in [3.8, 4) is 6.07 Å². The first-order chi connectivity index (χ1) is 17.0. The first-order valence-corrected chi connectivity index (χ1v) is 14.0. The SMILES string of the molecule is COC(=O)C1(CC[C@]2(C)CC(=O)C=C3[C@@]4(C)C=C(C#N)C(=O)C(C)(C)[C@@H]4CC[C@]32C)CCC(C)(C)CC1. The molecule has 4 aliphatic carbocycles. The molecule has 5 heteroatoms. The van der Waals surface area contributed by atoms with E-state index in [9.17, 15) is 19.6 Å². The van der Waals surface area contributed by atoms with Gasteiger partial charge in [-0.2, -0.15) is 5.26 Å². The van der Waals surface area contributed by atoms with Crippen molar-refractivity contribution < 1.29 is 19.1 Å². The third-order valence-corrected chi connectivity index (χ3v) is 11.6. The lowest BCUT2D eigenvalue weighted by molar-refractivity contribution is -0.158. The van der Waals surface area contributed by atoms with Crippen LogP contribution in [0.25, 0.3) is 0 Å². The van der Waals surface area contributed by atoms with Crippen molar-refractivity contribution in [2.45, 2.75) is 106 Å². The highest BCUT2D eigenvalue weighted by molar-refractivity contribution is 6.04. The molecule has 0 aromatic heterocycles. The van der Waals surface area contributed by atoms with E-state index >= 15 is 0 Å². The molecule has 0 amide bonds. The van der Waals surface area contributed by atoms with Crippen LogP contribution in [-0.4, -0.2) is 24.6 Å². The van der Waals surface area contributed by atoms with Gasteiger partial charge in [-0.3, -0.25) is 14.4 Å². The number of allylic oxidation sites excluding steroid dienone is 4. The summed E-state index contributed by atoms with van der Waals surface area (Å²) in [6, 6.07) is 2.15. The second kappa shape index (κ2) is 8.65. The molecular weight excluding hydrogens is 462 g/mol. The number of ketones is 2. The maximum atomic E-state index is 13.4. The average molecular weight is 508 g/mol. The van der Waals surface area contributed by atoms with Crippen molar-refractivity contribution in [1.82, 2.24) is 0 Å². The minimum atomic E-state index is -0.669. The second-order valence-corrected chi connectivity index (χ2v) is 14.6. The molecule has 202 valence electrons. The average Bonchev–Trinajstić information content (AvgIpc) is 2.82. The van der Waals surface area contributed by atoms with E-state index in [0.717, 1.165) is 50.5 Å². The van der Waals surface area contributed by atoms with Crippen molar-refractivity contribution in [1.29, 1.82) is 5.26 Å². The van der Waals surface area contributed by atoms with Crippen LogP contribution in [-0.2, 0) is 19.1 Å². The van der Waals surface area contributed by atoms with Gasteiger partial charge >= 0.3 is 5.97 Å². The number of rotatable bonds is 4. The van der Waals surface area contributed by atoms with Crippen LogP contribution in [0.5, 0.6) is 0 Å². The molecule has 0 aliphatic heterocycles. The van der Waals surface area contributed by atoms with Gasteiger partial charge in [-0.15, -0.1) is 0 Å². The summed E-state index contributed by atoms with van der Waals surface area (Å²) in [6.45, 7) is 15.1. The summed E-state index contributed by atoms with van der Waals surface area (Å²) in [5.41, 5.74) is -0.801. The minimum Gasteiger partial charge on any atom is -0.469 e. The largest absolute Gasteiger partial charge is 0.469 e. The van der Waals surface area contributed by atoms with Gasteiger partial charge in [0.25, 0.3) is 0 Å². The molecule has 4 aliphatic rings. The predicted molar refractivity (Wildman–Crippen MR) is 143 cm³/mol. The zero-order valence-corrected chi connectivity index (χ0v) is 24.2. The quantitative estimate of drug-likeness (QED) is 0.386. The molecular formula is C32H45NO4. The topological polar surface area (TPSA) is 84.2 Å². The summed E-state index contributed by atoms with van der Waals surface area (Å²) < 4.78 is 5.34. The van der Waals surface area contributed by atoms with E-state index < -0.39 is 16.2 Å². The van der Waals surface area contributed by atoms with Gasteiger partial charge in [-0.1, -0.05) is 60.1 Å². The molecule has 0 spiro atoms. The van der Waals surface area contributed by atoms with Gasteiger partial charge in [0.2, 0.25) is 0 Å². The van der Waals surface area contributed by atoms with E-state index in [1.165, 1.54) is 7.11 Å². The Morgan fingerprint density at radius 2 is 1.62 bits per heavy atom. The Morgan fingerprint density at radius 1 is 1.00 bits per heavy atom. The highest BCUT2D eigenvalue weighted by Gasteiger charge is 2.63. The van der Waals surface area contributed by atoms with E-state index in [1.807, 2.05) is 26.0 Å². The molecule has 5 nitrogen and oxygen atoms in total. The number of nitrogens with zero attached hydrogens (tertiary/aromatic N) is 1. The number of esters is 1. The summed E-state index contributed by atoms with van der Waals surface area (Å²) in [5.74, 6) is -0.0669. The third-order valence-electron chi connectivity index (χ3n) is 11.6. The van der Waals surface area contributed by atoms with Gasteiger partial charge in [0, 0.05) is 17.3 Å². The zero-order valence-electron chi connectivity index (χ0n) is 24.2. The molecule has 4 rings (SSSR count). The Labute approximate surface area is 223 Å². The zero-order chi connectivity index (χ0) is 27.7. The molecule has 0 unspecified atom stereocenters. The van der Waals surface area contributed by atoms with E-state index in [2.05, 4.69) is 40.7 Å². The van der Waals surface area contributed by atoms with E-state index in [1.54, 1.807) is 0 Å². The smallest absolute Gasteiger partial charge is 0.311 e. The van der Waals surface area contributed by atoms with Crippen molar-refractivity contribution >= 4 is 17.5 Å². The molecule has 0 aromatic rings. The highest BCUT2D eigenvalue weighted by atomic mass is 16.5. The van der Waals surface area contributed by atoms with Crippen LogP contribution in [0, 0.1) is 49.7 Å². The normalized spacial score (nSPS) is 37.9. The molecule has 0 heterocycles. The number of hydrogen-bond acceptors (Lipinski definition) is 5. The van der Waals surface area contributed by atoms with Crippen LogP contribution in [0.15, 0.2) is 23.3 Å². The van der Waals surface area contributed by atoms with Gasteiger partial charge in [-0.05, 0) is 79.6 Å². The predicted octanol–water partition coefficient (Wildman–Crippen LogP) is 6.91. The lowest BCUT2D eigenvalue weighted by Crippen LogP contribution is -2.58. The number of ether oxygens (including phenoxy) is 1. The third kappa shape index (κ3) is 4.05. The number of hydrogen-bond donors (Lipinski definition) is 0. The summed E-state index contributed by atoms with van der Waals surface area (Å²) in [6.07, 6.45) is 11.0. The fraction of sp³-hybridized carbons (Fsp3) is 0.750. The van der Waals surface area contributed by atoms with Crippen molar-refractivity contribution in [2.75, 3.05) is 7.11 Å². The molecule has 2 saturated carbocycles. The monoisotopic (exact) mass is 507 g/mol.